The molecule has 3 rings (SSSR count). The number of hydrogen-bond donors (Lipinski definition) is 3. The fourth-order valence-corrected chi connectivity index (χ4v) is 4.09. The van der Waals surface area contributed by atoms with E-state index in [2.05, 4.69) is 11.9 Å². The second-order valence-corrected chi connectivity index (χ2v) is 7.01. The van der Waals surface area contributed by atoms with Gasteiger partial charge in [-0.1, -0.05) is 24.8 Å². The van der Waals surface area contributed by atoms with E-state index in [1.165, 1.54) is 30.3 Å². The zero-order chi connectivity index (χ0) is 21.4. The maximum absolute atomic E-state index is 14.9. The quantitative estimate of drug-likeness (QED) is 0.559. The summed E-state index contributed by atoms with van der Waals surface area (Å²) in [4.78, 5) is 35.6. The van der Waals surface area contributed by atoms with Crippen LogP contribution in [0.1, 0.15) is 12.0 Å². The Balaban J connectivity index is 1.87. The molecule has 1 aromatic carbocycles. The number of rotatable bonds is 8. The molecule has 0 heterocycles. The van der Waals surface area contributed by atoms with E-state index in [1.807, 2.05) is 0 Å². The third kappa shape index (κ3) is 3.33. The Bertz CT molecular complexity index is 845. The maximum atomic E-state index is 14.9. The van der Waals surface area contributed by atoms with Gasteiger partial charge >= 0.3 is 18.0 Å². The molecular weight excluding hydrogens is 392 g/mol. The summed E-state index contributed by atoms with van der Waals surface area (Å²) >= 11 is 0. The van der Waals surface area contributed by atoms with Gasteiger partial charge in [-0.2, -0.15) is 0 Å². The normalized spacial score (nSPS) is 32.1. The Morgan fingerprint density at radius 2 is 1.90 bits per heavy atom. The molecule has 8 nitrogen and oxygen atoms in total. The number of hydrogen-bond acceptors (Lipinski definition) is 5. The van der Waals surface area contributed by atoms with Crippen LogP contribution >= 0.6 is 0 Å². The average Bonchev–Trinajstić information content (AvgIpc) is 3.12. The molecule has 2 aliphatic rings. The number of carboxylic acid groups (broad SMARTS) is 2. The number of alkyl halides is 1. The van der Waals surface area contributed by atoms with E-state index in [0.29, 0.717) is 5.56 Å². The summed E-state index contributed by atoms with van der Waals surface area (Å²) in [6, 6.07) is 5.24. The van der Waals surface area contributed by atoms with Crippen LogP contribution < -0.4 is 5.32 Å². The van der Waals surface area contributed by atoms with Crippen molar-refractivity contribution in [2.24, 2.45) is 11.8 Å². The zero-order valence-corrected chi connectivity index (χ0v) is 15.1. The van der Waals surface area contributed by atoms with Crippen molar-refractivity contribution in [1.29, 1.82) is 0 Å². The highest BCUT2D eigenvalue weighted by atomic mass is 19.1. The molecule has 2 aliphatic carbocycles. The van der Waals surface area contributed by atoms with E-state index in [-0.39, 0.29) is 19.6 Å². The molecule has 10 heteroatoms. The highest BCUT2D eigenvalue weighted by Gasteiger charge is 2.86. The van der Waals surface area contributed by atoms with Gasteiger partial charge in [0.25, 0.3) is 0 Å². The molecule has 1 amide bonds. The predicted octanol–water partition coefficient (Wildman–Crippen LogP) is 1.89. The first-order chi connectivity index (χ1) is 13.7. The minimum absolute atomic E-state index is 0.144. The van der Waals surface area contributed by atoms with Gasteiger partial charge in [0.1, 0.15) is 12.4 Å². The van der Waals surface area contributed by atoms with Crippen molar-refractivity contribution in [3.63, 3.8) is 0 Å². The predicted molar refractivity (Wildman–Crippen MR) is 93.1 cm³/mol. The van der Waals surface area contributed by atoms with Crippen LogP contribution in [0.25, 0.3) is 0 Å². The molecule has 3 N–H and O–H groups in total. The summed E-state index contributed by atoms with van der Waals surface area (Å²) in [6.07, 6.45) is -1.37. The maximum Gasteiger partial charge on any atom is 0.408 e. The first kappa shape index (κ1) is 20.7. The molecular formula is C19H19F2NO7. The third-order valence-electron chi connectivity index (χ3n) is 5.44. The van der Waals surface area contributed by atoms with Gasteiger partial charge in [0.05, 0.1) is 12.7 Å². The fraction of sp³-hybridized carbons (Fsp3) is 0.421. The Labute approximate surface area is 164 Å². The molecule has 2 saturated carbocycles. The van der Waals surface area contributed by atoms with Crippen LogP contribution in [0.2, 0.25) is 0 Å². The van der Waals surface area contributed by atoms with Gasteiger partial charge in [-0.15, -0.1) is 0 Å². The standard InChI is InChI=1S/C19H19F2NO7/c1-2-7-28-17(27)22-19(16(25)26)13(8-12-14(19)18(12,21)15(23)24)29-9-10-3-5-11(20)6-4-10/h2-6,12-14H,1,7-9H2,(H,22,27)(H,23,24)(H,25,26)/t12-,13?,14+,18-,19+/m1/s1. The van der Waals surface area contributed by atoms with Crippen molar-refractivity contribution >= 4 is 18.0 Å². The van der Waals surface area contributed by atoms with Crippen molar-refractivity contribution in [2.45, 2.75) is 30.3 Å². The van der Waals surface area contributed by atoms with Gasteiger partial charge in [-0.3, -0.25) is 0 Å². The van der Waals surface area contributed by atoms with Crippen molar-refractivity contribution in [1.82, 2.24) is 5.32 Å². The largest absolute Gasteiger partial charge is 0.479 e. The van der Waals surface area contributed by atoms with E-state index >= 15 is 0 Å². The minimum atomic E-state index is -2.79. The lowest BCUT2D eigenvalue weighted by Gasteiger charge is -2.35. The molecule has 0 aromatic heterocycles. The zero-order valence-electron chi connectivity index (χ0n) is 15.1. The lowest BCUT2D eigenvalue weighted by atomic mass is 9.86. The van der Waals surface area contributed by atoms with Gasteiger partial charge in [0, 0.05) is 11.8 Å². The molecule has 2 fully saturated rings. The smallest absolute Gasteiger partial charge is 0.408 e. The molecule has 5 atom stereocenters. The third-order valence-corrected chi connectivity index (χ3v) is 5.44. The molecule has 29 heavy (non-hydrogen) atoms. The molecule has 156 valence electrons. The molecule has 0 bridgehead atoms. The van der Waals surface area contributed by atoms with Crippen molar-refractivity contribution < 1.29 is 42.9 Å². The fourth-order valence-electron chi connectivity index (χ4n) is 4.09. The second-order valence-electron chi connectivity index (χ2n) is 7.01. The number of alkyl carbamates (subject to hydrolysis) is 1. The average molecular weight is 411 g/mol. The van der Waals surface area contributed by atoms with Crippen molar-refractivity contribution in [3.05, 3.63) is 48.3 Å². The van der Waals surface area contributed by atoms with Gasteiger partial charge in [0.15, 0.2) is 5.54 Å². The SMILES string of the molecule is C=CCOC(=O)N[C@@]1(C(=O)O)C(OCc2ccc(F)cc2)C[C@@H]2[C@H]1[C@@]2(F)C(=O)O. The molecule has 1 unspecified atom stereocenters. The number of carboxylic acids is 2. The number of fused-ring (bicyclic) bond motifs is 1. The molecule has 0 aliphatic heterocycles. The highest BCUT2D eigenvalue weighted by Crippen LogP contribution is 2.68. The second kappa shape index (κ2) is 7.43. The number of carbonyl (C=O) groups is 3. The number of nitrogens with one attached hydrogen (secondary N) is 1. The molecule has 1 aromatic rings. The van der Waals surface area contributed by atoms with Crippen LogP contribution in [0.4, 0.5) is 13.6 Å². The topological polar surface area (TPSA) is 122 Å². The van der Waals surface area contributed by atoms with E-state index in [4.69, 9.17) is 9.47 Å². The van der Waals surface area contributed by atoms with Crippen LogP contribution in [0.3, 0.4) is 0 Å². The van der Waals surface area contributed by atoms with Crippen LogP contribution in [0, 0.1) is 17.7 Å². The van der Waals surface area contributed by atoms with Gasteiger partial charge in [0.2, 0.25) is 5.67 Å². The van der Waals surface area contributed by atoms with E-state index in [1.54, 1.807) is 0 Å². The summed E-state index contributed by atoms with van der Waals surface area (Å²) in [6.45, 7) is 2.99. The monoisotopic (exact) mass is 411 g/mol. The minimum Gasteiger partial charge on any atom is -0.479 e. The Kier molecular flexibility index (Phi) is 5.31. The van der Waals surface area contributed by atoms with Crippen LogP contribution in [-0.2, 0) is 25.7 Å². The van der Waals surface area contributed by atoms with E-state index in [9.17, 15) is 33.4 Å². The number of ether oxygens (including phenoxy) is 2. The van der Waals surface area contributed by atoms with Crippen LogP contribution in [0.5, 0.6) is 0 Å². The summed E-state index contributed by atoms with van der Waals surface area (Å²) in [5.74, 6) is -6.57. The molecule has 0 spiro atoms. The van der Waals surface area contributed by atoms with Gasteiger partial charge in [-0.25, -0.2) is 23.2 Å². The number of halogens is 2. The van der Waals surface area contributed by atoms with Gasteiger partial charge < -0.3 is 25.0 Å². The Hall–Kier alpha value is -3.01. The van der Waals surface area contributed by atoms with Crippen molar-refractivity contribution in [3.8, 4) is 0 Å². The first-order valence-corrected chi connectivity index (χ1v) is 8.75. The summed E-state index contributed by atoms with van der Waals surface area (Å²) in [7, 11) is 0. The van der Waals surface area contributed by atoms with Crippen molar-refractivity contribution in [2.75, 3.05) is 6.61 Å². The highest BCUT2D eigenvalue weighted by molar-refractivity contribution is 5.93. The molecule has 0 saturated heterocycles. The van der Waals surface area contributed by atoms with Gasteiger partial charge in [-0.05, 0) is 24.1 Å². The Morgan fingerprint density at radius 3 is 2.45 bits per heavy atom. The van der Waals surface area contributed by atoms with E-state index in [0.717, 1.165) is 0 Å². The number of amides is 1. The summed E-state index contributed by atoms with van der Waals surface area (Å²) < 4.78 is 38.3. The summed E-state index contributed by atoms with van der Waals surface area (Å²) in [5, 5.41) is 21.2. The number of benzene rings is 1. The summed E-state index contributed by atoms with van der Waals surface area (Å²) in [5.41, 5.74) is -4.61. The number of aliphatic carboxylic acids is 2. The Morgan fingerprint density at radius 1 is 1.24 bits per heavy atom. The van der Waals surface area contributed by atoms with Crippen LogP contribution in [-0.4, -0.2) is 52.2 Å². The molecule has 0 radical (unpaired) electrons. The van der Waals surface area contributed by atoms with E-state index < -0.39 is 53.0 Å². The number of carbonyl (C=O) groups excluding carboxylic acids is 1. The lowest BCUT2D eigenvalue weighted by Crippen LogP contribution is -2.64. The first-order valence-electron chi connectivity index (χ1n) is 8.75. The lowest BCUT2D eigenvalue weighted by molar-refractivity contribution is -0.158. The van der Waals surface area contributed by atoms with Crippen LogP contribution in [0.15, 0.2) is 36.9 Å².